The lowest BCUT2D eigenvalue weighted by atomic mass is 10.1. The van der Waals surface area contributed by atoms with Crippen LogP contribution in [0.4, 0.5) is 0 Å². The fourth-order valence-electron chi connectivity index (χ4n) is 4.18. The molecule has 4 rings (SSSR count). The van der Waals surface area contributed by atoms with Crippen LogP contribution in [0.3, 0.4) is 0 Å². The summed E-state index contributed by atoms with van der Waals surface area (Å²) in [5, 5.41) is 0.562. The van der Waals surface area contributed by atoms with E-state index in [-0.39, 0.29) is 17.5 Å². The second kappa shape index (κ2) is 9.41. The quantitative estimate of drug-likeness (QED) is 0.417. The molecule has 0 aliphatic carbocycles. The minimum atomic E-state index is -0.383. The summed E-state index contributed by atoms with van der Waals surface area (Å²) in [6.07, 6.45) is 1.07. The van der Waals surface area contributed by atoms with E-state index in [1.165, 1.54) is 0 Å². The smallest absolute Gasteiger partial charge is 0.266 e. The lowest BCUT2D eigenvalue weighted by Gasteiger charge is -2.27. The van der Waals surface area contributed by atoms with E-state index in [1.54, 1.807) is 22.6 Å². The molecule has 0 saturated heterocycles. The van der Waals surface area contributed by atoms with Crippen LogP contribution in [0, 0.1) is 13.8 Å². The second-order valence-corrected chi connectivity index (χ2v) is 8.58. The minimum Gasteiger partial charge on any atom is -0.336 e. The summed E-state index contributed by atoms with van der Waals surface area (Å²) in [7, 11) is 1.78. The molecule has 1 aromatic heterocycles. The van der Waals surface area contributed by atoms with Gasteiger partial charge >= 0.3 is 0 Å². The molecule has 1 heterocycles. The highest BCUT2D eigenvalue weighted by Gasteiger charge is 2.24. The van der Waals surface area contributed by atoms with Crippen molar-refractivity contribution >= 4 is 16.8 Å². The molecule has 0 spiro atoms. The van der Waals surface area contributed by atoms with E-state index in [0.29, 0.717) is 29.6 Å². The van der Waals surface area contributed by atoms with Gasteiger partial charge in [-0.1, -0.05) is 60.2 Å². The van der Waals surface area contributed by atoms with Crippen molar-refractivity contribution in [3.63, 3.8) is 0 Å². The lowest BCUT2D eigenvalue weighted by molar-refractivity contribution is -0.131. The normalized spacial score (nSPS) is 12.0. The summed E-state index contributed by atoms with van der Waals surface area (Å²) in [6.45, 7) is 5.95. The maximum Gasteiger partial charge on any atom is 0.266 e. The SMILES string of the molecule is Cc1ccc(-n2c(C(C)N(C)C(=O)CCc3ccccc3)nc3ccccc3c2=O)c(C)c1. The average Bonchev–Trinajstić information content (AvgIpc) is 2.83. The van der Waals surface area contributed by atoms with Gasteiger partial charge in [-0.25, -0.2) is 4.98 Å². The van der Waals surface area contributed by atoms with Gasteiger partial charge in [0, 0.05) is 13.5 Å². The first kappa shape index (κ1) is 22.5. The molecule has 5 nitrogen and oxygen atoms in total. The summed E-state index contributed by atoms with van der Waals surface area (Å²) in [4.78, 5) is 33.2. The maximum atomic E-state index is 13.6. The molecular formula is C28H29N3O2. The lowest BCUT2D eigenvalue weighted by Crippen LogP contribution is -2.35. The zero-order chi connectivity index (χ0) is 23.5. The van der Waals surface area contributed by atoms with Gasteiger partial charge in [0.25, 0.3) is 5.56 Å². The Morgan fingerprint density at radius 1 is 1.00 bits per heavy atom. The number of aryl methyl sites for hydroxylation is 3. The van der Waals surface area contributed by atoms with Crippen molar-refractivity contribution in [3.8, 4) is 5.69 Å². The first-order valence-corrected chi connectivity index (χ1v) is 11.3. The van der Waals surface area contributed by atoms with Crippen LogP contribution in [-0.4, -0.2) is 27.4 Å². The van der Waals surface area contributed by atoms with E-state index in [9.17, 15) is 9.59 Å². The molecule has 5 heteroatoms. The molecule has 4 aromatic rings. The summed E-state index contributed by atoms with van der Waals surface area (Å²) in [5.41, 5.74) is 4.54. The topological polar surface area (TPSA) is 55.2 Å². The molecule has 0 N–H and O–H groups in total. The summed E-state index contributed by atoms with van der Waals surface area (Å²) >= 11 is 0. The largest absolute Gasteiger partial charge is 0.336 e. The van der Waals surface area contributed by atoms with E-state index < -0.39 is 0 Å². The number of hydrogen-bond acceptors (Lipinski definition) is 3. The summed E-state index contributed by atoms with van der Waals surface area (Å²) in [6, 6.07) is 23.0. The molecule has 33 heavy (non-hydrogen) atoms. The van der Waals surface area contributed by atoms with Gasteiger partial charge in [0.05, 0.1) is 22.6 Å². The first-order valence-electron chi connectivity index (χ1n) is 11.3. The van der Waals surface area contributed by atoms with Crippen LogP contribution in [0.2, 0.25) is 0 Å². The Kier molecular flexibility index (Phi) is 6.40. The molecular weight excluding hydrogens is 410 g/mol. The van der Waals surface area contributed by atoms with Crippen molar-refractivity contribution in [1.82, 2.24) is 14.5 Å². The van der Waals surface area contributed by atoms with Crippen molar-refractivity contribution in [2.75, 3.05) is 7.05 Å². The Hall–Kier alpha value is -3.73. The van der Waals surface area contributed by atoms with E-state index >= 15 is 0 Å². The molecule has 0 radical (unpaired) electrons. The number of para-hydroxylation sites is 1. The fraction of sp³-hybridized carbons (Fsp3) is 0.250. The van der Waals surface area contributed by atoms with Crippen LogP contribution in [0.15, 0.2) is 77.6 Å². The van der Waals surface area contributed by atoms with Gasteiger partial charge in [0.2, 0.25) is 5.91 Å². The number of nitrogens with zero attached hydrogens (tertiary/aromatic N) is 3. The zero-order valence-electron chi connectivity index (χ0n) is 19.6. The van der Waals surface area contributed by atoms with Gasteiger partial charge in [-0.2, -0.15) is 0 Å². The molecule has 0 aliphatic heterocycles. The fourth-order valence-corrected chi connectivity index (χ4v) is 4.18. The Bertz CT molecular complexity index is 1360. The predicted molar refractivity (Wildman–Crippen MR) is 133 cm³/mol. The van der Waals surface area contributed by atoms with Crippen molar-refractivity contribution in [3.05, 3.63) is 106 Å². The number of hydrogen-bond donors (Lipinski definition) is 0. The van der Waals surface area contributed by atoms with Crippen molar-refractivity contribution in [1.29, 1.82) is 0 Å². The van der Waals surface area contributed by atoms with E-state index in [1.807, 2.05) is 81.4 Å². The molecule has 3 aromatic carbocycles. The number of carbonyl (C=O) groups is 1. The summed E-state index contributed by atoms with van der Waals surface area (Å²) < 4.78 is 1.67. The van der Waals surface area contributed by atoms with E-state index in [4.69, 9.17) is 4.98 Å². The van der Waals surface area contributed by atoms with Crippen molar-refractivity contribution in [2.45, 2.75) is 39.7 Å². The van der Waals surface area contributed by atoms with Gasteiger partial charge in [0.1, 0.15) is 5.82 Å². The number of amides is 1. The average molecular weight is 440 g/mol. The minimum absolute atomic E-state index is 0.0148. The molecule has 168 valence electrons. The Balaban J connectivity index is 1.75. The van der Waals surface area contributed by atoms with E-state index in [2.05, 4.69) is 6.07 Å². The van der Waals surface area contributed by atoms with Gasteiger partial charge in [0.15, 0.2) is 0 Å². The highest BCUT2D eigenvalue weighted by molar-refractivity contribution is 5.79. The van der Waals surface area contributed by atoms with Crippen LogP contribution in [0.25, 0.3) is 16.6 Å². The highest BCUT2D eigenvalue weighted by atomic mass is 16.2. The molecule has 1 unspecified atom stereocenters. The van der Waals surface area contributed by atoms with Crippen LogP contribution in [-0.2, 0) is 11.2 Å². The standard InChI is InChI=1S/C28H29N3O2/c1-19-14-16-25(20(2)18-19)31-27(29-24-13-9-8-12-23(24)28(31)33)21(3)30(4)26(32)17-15-22-10-6-5-7-11-22/h5-14,16,18,21H,15,17H2,1-4H3. The predicted octanol–water partition coefficient (Wildman–Crippen LogP) is 5.15. The monoisotopic (exact) mass is 439 g/mol. The molecule has 0 fully saturated rings. The third kappa shape index (κ3) is 4.58. The van der Waals surface area contributed by atoms with Crippen molar-refractivity contribution in [2.24, 2.45) is 0 Å². The highest BCUT2D eigenvalue weighted by Crippen LogP contribution is 2.24. The molecule has 0 saturated carbocycles. The number of rotatable bonds is 6. The first-order chi connectivity index (χ1) is 15.9. The van der Waals surface area contributed by atoms with Gasteiger partial charge in [-0.3, -0.25) is 14.2 Å². The molecule has 0 bridgehead atoms. The number of fused-ring (bicyclic) bond motifs is 1. The van der Waals surface area contributed by atoms with Crippen LogP contribution >= 0.6 is 0 Å². The zero-order valence-corrected chi connectivity index (χ0v) is 19.6. The van der Waals surface area contributed by atoms with Gasteiger partial charge in [-0.15, -0.1) is 0 Å². The van der Waals surface area contributed by atoms with Crippen LogP contribution in [0.1, 0.15) is 41.9 Å². The van der Waals surface area contributed by atoms with Crippen LogP contribution < -0.4 is 5.56 Å². The van der Waals surface area contributed by atoms with Gasteiger partial charge < -0.3 is 4.90 Å². The Morgan fingerprint density at radius 3 is 2.42 bits per heavy atom. The molecule has 1 atom stereocenters. The Morgan fingerprint density at radius 2 is 1.70 bits per heavy atom. The van der Waals surface area contributed by atoms with E-state index in [0.717, 1.165) is 22.4 Å². The number of aromatic nitrogens is 2. The molecule has 1 amide bonds. The Labute approximate surface area is 194 Å². The third-order valence-electron chi connectivity index (χ3n) is 6.21. The van der Waals surface area contributed by atoms with Crippen molar-refractivity contribution < 1.29 is 4.79 Å². The third-order valence-corrected chi connectivity index (χ3v) is 6.21. The van der Waals surface area contributed by atoms with Gasteiger partial charge in [-0.05, 0) is 56.5 Å². The number of carbonyl (C=O) groups excluding carboxylic acids is 1. The molecule has 0 aliphatic rings. The maximum absolute atomic E-state index is 13.6. The number of benzene rings is 3. The second-order valence-electron chi connectivity index (χ2n) is 8.58. The van der Waals surface area contributed by atoms with Crippen LogP contribution in [0.5, 0.6) is 0 Å². The summed E-state index contributed by atoms with van der Waals surface area (Å²) in [5.74, 6) is 0.571.